The lowest BCUT2D eigenvalue weighted by molar-refractivity contribution is 0.0389. The smallest absolute Gasteiger partial charge is 0.262 e. The van der Waals surface area contributed by atoms with Crippen LogP contribution in [-0.2, 0) is 4.74 Å². The molecule has 6 nitrogen and oxygen atoms in total. The first-order valence-corrected chi connectivity index (χ1v) is 10.3. The average Bonchev–Trinajstić information content (AvgIpc) is 3.17. The van der Waals surface area contributed by atoms with Crippen molar-refractivity contribution in [1.29, 1.82) is 0 Å². The van der Waals surface area contributed by atoms with Crippen LogP contribution in [0.5, 0.6) is 0 Å². The van der Waals surface area contributed by atoms with Crippen molar-refractivity contribution in [3.8, 4) is 0 Å². The van der Waals surface area contributed by atoms with Crippen LogP contribution in [-0.4, -0.2) is 59.9 Å². The van der Waals surface area contributed by atoms with Gasteiger partial charge >= 0.3 is 0 Å². The van der Waals surface area contributed by atoms with E-state index in [4.69, 9.17) is 17.0 Å². The molecule has 4 rings (SSSR count). The molecule has 3 aromatic rings. The lowest BCUT2D eigenvalue weighted by atomic mass is 10.2. The Morgan fingerprint density at radius 1 is 1.13 bits per heavy atom. The normalized spacial score (nSPS) is 14.6. The molecule has 1 fully saturated rings. The summed E-state index contributed by atoms with van der Waals surface area (Å²) in [5, 5.41) is 7.85. The number of halogens is 1. The highest BCUT2D eigenvalue weighted by molar-refractivity contribution is 7.80. The molecular formula is C22H23FN4O2S. The third-order valence-corrected chi connectivity index (χ3v) is 5.30. The van der Waals surface area contributed by atoms with E-state index in [0.29, 0.717) is 10.7 Å². The lowest BCUT2D eigenvalue weighted by Crippen LogP contribution is -2.42. The zero-order chi connectivity index (χ0) is 20.9. The van der Waals surface area contributed by atoms with Gasteiger partial charge in [-0.15, -0.1) is 0 Å². The minimum atomic E-state index is -0.432. The number of benzene rings is 2. The van der Waals surface area contributed by atoms with Crippen LogP contribution < -0.4 is 10.6 Å². The van der Waals surface area contributed by atoms with Gasteiger partial charge in [-0.1, -0.05) is 6.07 Å². The third-order valence-electron chi connectivity index (χ3n) is 5.06. The molecule has 0 saturated carbocycles. The average molecular weight is 427 g/mol. The van der Waals surface area contributed by atoms with Crippen LogP contribution in [0.2, 0.25) is 0 Å². The summed E-state index contributed by atoms with van der Waals surface area (Å²) >= 11 is 5.39. The first-order valence-electron chi connectivity index (χ1n) is 9.86. The molecule has 0 bridgehead atoms. The molecular weight excluding hydrogens is 403 g/mol. The number of rotatable bonds is 5. The molecule has 2 heterocycles. The predicted molar refractivity (Wildman–Crippen MR) is 120 cm³/mol. The maximum atomic E-state index is 13.5. The zero-order valence-corrected chi connectivity index (χ0v) is 17.3. The van der Waals surface area contributed by atoms with Gasteiger partial charge in [0.2, 0.25) is 0 Å². The van der Waals surface area contributed by atoms with Crippen molar-refractivity contribution >= 4 is 39.8 Å². The molecule has 2 N–H and O–H groups in total. The van der Waals surface area contributed by atoms with Gasteiger partial charge in [-0.05, 0) is 54.7 Å². The van der Waals surface area contributed by atoms with Gasteiger partial charge in [0.25, 0.3) is 5.91 Å². The summed E-state index contributed by atoms with van der Waals surface area (Å²) in [5.41, 5.74) is 1.89. The van der Waals surface area contributed by atoms with E-state index in [2.05, 4.69) is 15.5 Å². The van der Waals surface area contributed by atoms with Gasteiger partial charge in [-0.2, -0.15) is 0 Å². The third kappa shape index (κ3) is 4.84. The fourth-order valence-corrected chi connectivity index (χ4v) is 3.71. The molecule has 1 aliphatic rings. The van der Waals surface area contributed by atoms with Crippen molar-refractivity contribution in [3.63, 3.8) is 0 Å². The minimum Gasteiger partial charge on any atom is -0.379 e. The molecule has 0 spiro atoms. The Kier molecular flexibility index (Phi) is 6.37. The molecule has 0 radical (unpaired) electrons. The molecule has 1 aliphatic heterocycles. The number of ether oxygens (including phenoxy) is 1. The number of nitrogens with zero attached hydrogens (tertiary/aromatic N) is 2. The largest absolute Gasteiger partial charge is 0.379 e. The first-order chi connectivity index (χ1) is 14.6. The number of thiocarbonyl (C=S) groups is 1. The van der Waals surface area contributed by atoms with Gasteiger partial charge in [0, 0.05) is 49.0 Å². The molecule has 0 amide bonds. The van der Waals surface area contributed by atoms with E-state index >= 15 is 0 Å². The highest BCUT2D eigenvalue weighted by Crippen LogP contribution is 2.22. The van der Waals surface area contributed by atoms with E-state index in [0.717, 1.165) is 56.0 Å². The standard InChI is InChI=1S/C22H23FN4O2S/c23-18-3-1-2-17(14-18)21(28)27-8-6-16-15-19(4-5-20(16)27)25-22(30)24-7-9-26-10-12-29-13-11-26/h1-6,8,14-15H,7,9-13H2,(H2,24,25,30). The van der Waals surface area contributed by atoms with Crippen molar-refractivity contribution < 1.29 is 13.9 Å². The summed E-state index contributed by atoms with van der Waals surface area (Å²) in [7, 11) is 0. The Balaban J connectivity index is 1.38. The number of nitrogens with one attached hydrogen (secondary N) is 2. The van der Waals surface area contributed by atoms with Crippen LogP contribution in [0.25, 0.3) is 10.9 Å². The Morgan fingerprint density at radius 2 is 1.97 bits per heavy atom. The number of hydrogen-bond acceptors (Lipinski definition) is 4. The number of hydrogen-bond donors (Lipinski definition) is 2. The number of anilines is 1. The van der Waals surface area contributed by atoms with E-state index in [1.165, 1.54) is 22.8 Å². The number of carbonyl (C=O) groups is 1. The Bertz CT molecular complexity index is 1060. The second kappa shape index (κ2) is 9.34. The van der Waals surface area contributed by atoms with E-state index < -0.39 is 5.82 Å². The number of morpholine rings is 1. The topological polar surface area (TPSA) is 58.5 Å². The molecule has 2 aromatic carbocycles. The fourth-order valence-electron chi connectivity index (χ4n) is 3.49. The molecule has 8 heteroatoms. The summed E-state index contributed by atoms with van der Waals surface area (Å²) < 4.78 is 20.3. The Hall–Kier alpha value is -2.81. The van der Waals surface area contributed by atoms with Crippen LogP contribution in [0, 0.1) is 5.82 Å². The van der Waals surface area contributed by atoms with Gasteiger partial charge in [0.1, 0.15) is 5.82 Å². The van der Waals surface area contributed by atoms with Crippen LogP contribution in [0.1, 0.15) is 10.4 Å². The monoisotopic (exact) mass is 426 g/mol. The van der Waals surface area contributed by atoms with Gasteiger partial charge in [0.05, 0.1) is 18.7 Å². The lowest BCUT2D eigenvalue weighted by Gasteiger charge is -2.26. The molecule has 1 aromatic heterocycles. The van der Waals surface area contributed by atoms with Gasteiger partial charge in [0.15, 0.2) is 5.11 Å². The van der Waals surface area contributed by atoms with Crippen LogP contribution >= 0.6 is 12.2 Å². The predicted octanol–water partition coefficient (Wildman–Crippen LogP) is 3.09. The fraction of sp³-hybridized carbons (Fsp3) is 0.273. The van der Waals surface area contributed by atoms with Crippen molar-refractivity contribution in [1.82, 2.24) is 14.8 Å². The molecule has 0 atom stereocenters. The van der Waals surface area contributed by atoms with E-state index in [-0.39, 0.29) is 5.91 Å². The highest BCUT2D eigenvalue weighted by atomic mass is 32.1. The summed E-state index contributed by atoms with van der Waals surface area (Å²) in [5.74, 6) is -0.705. The summed E-state index contributed by atoms with van der Waals surface area (Å²) in [6.07, 6.45) is 1.70. The van der Waals surface area contributed by atoms with Crippen LogP contribution in [0.3, 0.4) is 0 Å². The van der Waals surface area contributed by atoms with E-state index in [9.17, 15) is 9.18 Å². The van der Waals surface area contributed by atoms with Crippen molar-refractivity contribution in [3.05, 3.63) is 66.1 Å². The van der Waals surface area contributed by atoms with E-state index in [1.807, 2.05) is 24.3 Å². The Morgan fingerprint density at radius 3 is 2.77 bits per heavy atom. The highest BCUT2D eigenvalue weighted by Gasteiger charge is 2.13. The van der Waals surface area contributed by atoms with Crippen molar-refractivity contribution in [2.45, 2.75) is 0 Å². The number of fused-ring (bicyclic) bond motifs is 1. The SMILES string of the molecule is O=C(c1cccc(F)c1)n1ccc2cc(NC(=S)NCCN3CCOCC3)ccc21. The number of aromatic nitrogens is 1. The second-order valence-corrected chi connectivity index (χ2v) is 7.52. The molecule has 30 heavy (non-hydrogen) atoms. The van der Waals surface area contributed by atoms with Crippen molar-refractivity contribution in [2.75, 3.05) is 44.7 Å². The first kappa shape index (κ1) is 20.5. The summed E-state index contributed by atoms with van der Waals surface area (Å²) in [6.45, 7) is 5.13. The molecule has 0 unspecified atom stereocenters. The maximum Gasteiger partial charge on any atom is 0.262 e. The molecule has 0 aliphatic carbocycles. The maximum absolute atomic E-state index is 13.5. The van der Waals surface area contributed by atoms with Gasteiger partial charge < -0.3 is 15.4 Å². The second-order valence-electron chi connectivity index (χ2n) is 7.11. The van der Waals surface area contributed by atoms with Gasteiger partial charge in [-0.25, -0.2) is 4.39 Å². The van der Waals surface area contributed by atoms with Crippen LogP contribution in [0.4, 0.5) is 10.1 Å². The Labute approximate surface area is 179 Å². The molecule has 156 valence electrons. The molecule has 1 saturated heterocycles. The summed E-state index contributed by atoms with van der Waals surface area (Å²) in [6, 6.07) is 13.2. The zero-order valence-electron chi connectivity index (χ0n) is 16.4. The number of carbonyl (C=O) groups excluding carboxylic acids is 1. The van der Waals surface area contributed by atoms with Crippen LogP contribution in [0.15, 0.2) is 54.7 Å². The van der Waals surface area contributed by atoms with Crippen molar-refractivity contribution in [2.24, 2.45) is 0 Å². The summed E-state index contributed by atoms with van der Waals surface area (Å²) in [4.78, 5) is 15.1. The minimum absolute atomic E-state index is 0.273. The quantitative estimate of drug-likeness (QED) is 0.612. The van der Waals surface area contributed by atoms with E-state index in [1.54, 1.807) is 12.3 Å². The van der Waals surface area contributed by atoms with Gasteiger partial charge in [-0.3, -0.25) is 14.3 Å².